The summed E-state index contributed by atoms with van der Waals surface area (Å²) >= 11 is 3.35. The Morgan fingerprint density at radius 3 is 2.55 bits per heavy atom. The molecule has 118 valence electrons. The SMILES string of the molecule is FC(F)(F)[C@H]1CC[C@H](Oc2nccc3ncc(Br)cc23)CC1. The zero-order valence-corrected chi connectivity index (χ0v) is 13.2. The van der Waals surface area contributed by atoms with Crippen molar-refractivity contribution in [3.05, 3.63) is 29.0 Å². The fourth-order valence-electron chi connectivity index (χ4n) is 2.76. The number of hydrogen-bond donors (Lipinski definition) is 0. The largest absolute Gasteiger partial charge is 0.474 e. The highest BCUT2D eigenvalue weighted by molar-refractivity contribution is 9.10. The van der Waals surface area contributed by atoms with Crippen LogP contribution in [-0.4, -0.2) is 22.2 Å². The van der Waals surface area contributed by atoms with Gasteiger partial charge in [-0.05, 0) is 53.7 Å². The zero-order valence-electron chi connectivity index (χ0n) is 11.6. The maximum atomic E-state index is 12.7. The van der Waals surface area contributed by atoms with E-state index in [1.165, 1.54) is 0 Å². The van der Waals surface area contributed by atoms with Gasteiger partial charge in [-0.3, -0.25) is 4.98 Å². The van der Waals surface area contributed by atoms with Crippen LogP contribution in [0.4, 0.5) is 13.2 Å². The summed E-state index contributed by atoms with van der Waals surface area (Å²) in [4.78, 5) is 8.47. The van der Waals surface area contributed by atoms with E-state index < -0.39 is 12.1 Å². The summed E-state index contributed by atoms with van der Waals surface area (Å²) in [6, 6.07) is 3.63. The van der Waals surface area contributed by atoms with E-state index >= 15 is 0 Å². The molecule has 1 saturated carbocycles. The second-order valence-electron chi connectivity index (χ2n) is 5.47. The third-order valence-corrected chi connectivity index (χ3v) is 4.39. The summed E-state index contributed by atoms with van der Waals surface area (Å²) in [7, 11) is 0. The van der Waals surface area contributed by atoms with Crippen molar-refractivity contribution in [2.24, 2.45) is 5.92 Å². The number of alkyl halides is 3. The normalized spacial score (nSPS) is 22.7. The quantitative estimate of drug-likeness (QED) is 0.750. The van der Waals surface area contributed by atoms with E-state index in [9.17, 15) is 13.2 Å². The highest BCUT2D eigenvalue weighted by Gasteiger charge is 2.41. The Balaban J connectivity index is 1.74. The Labute approximate surface area is 134 Å². The molecule has 22 heavy (non-hydrogen) atoms. The van der Waals surface area contributed by atoms with Crippen molar-refractivity contribution in [3.8, 4) is 5.88 Å². The first-order chi connectivity index (χ1) is 10.4. The Bertz CT molecular complexity index is 669. The average molecular weight is 375 g/mol. The standard InChI is InChI=1S/C15H14BrF3N2O/c16-10-7-12-13(21-8-10)5-6-20-14(12)22-11-3-1-9(2-4-11)15(17,18)19/h5-9,11H,1-4H2/t9-,11-. The van der Waals surface area contributed by atoms with E-state index in [2.05, 4.69) is 25.9 Å². The number of aromatic nitrogens is 2. The molecule has 0 aromatic carbocycles. The minimum atomic E-state index is -4.10. The molecule has 0 saturated heterocycles. The molecule has 0 unspecified atom stereocenters. The number of nitrogens with zero attached hydrogens (tertiary/aromatic N) is 2. The molecule has 0 atom stereocenters. The number of halogens is 4. The molecule has 0 aliphatic heterocycles. The van der Waals surface area contributed by atoms with Crippen LogP contribution in [-0.2, 0) is 0 Å². The smallest absolute Gasteiger partial charge is 0.391 e. The van der Waals surface area contributed by atoms with Crippen molar-refractivity contribution in [1.82, 2.24) is 9.97 Å². The fourth-order valence-corrected chi connectivity index (χ4v) is 3.09. The Kier molecular flexibility index (Phi) is 4.25. The minimum Gasteiger partial charge on any atom is -0.474 e. The van der Waals surface area contributed by atoms with Gasteiger partial charge >= 0.3 is 6.18 Å². The van der Waals surface area contributed by atoms with E-state index in [-0.39, 0.29) is 18.9 Å². The van der Waals surface area contributed by atoms with Gasteiger partial charge in [0.15, 0.2) is 0 Å². The lowest BCUT2D eigenvalue weighted by molar-refractivity contribution is -0.185. The Morgan fingerprint density at radius 1 is 1.14 bits per heavy atom. The molecule has 0 spiro atoms. The van der Waals surface area contributed by atoms with Crippen LogP contribution in [0, 0.1) is 5.92 Å². The number of ether oxygens (including phenoxy) is 1. The lowest BCUT2D eigenvalue weighted by atomic mass is 9.87. The second-order valence-corrected chi connectivity index (χ2v) is 6.39. The molecule has 1 aliphatic carbocycles. The highest BCUT2D eigenvalue weighted by Crippen LogP contribution is 2.38. The van der Waals surface area contributed by atoms with Crippen LogP contribution >= 0.6 is 15.9 Å². The highest BCUT2D eigenvalue weighted by atomic mass is 79.9. The van der Waals surface area contributed by atoms with Gasteiger partial charge < -0.3 is 4.74 Å². The summed E-state index contributed by atoms with van der Waals surface area (Å²) in [5.74, 6) is -0.773. The average Bonchev–Trinajstić information content (AvgIpc) is 2.47. The number of hydrogen-bond acceptors (Lipinski definition) is 3. The van der Waals surface area contributed by atoms with Gasteiger partial charge in [-0.2, -0.15) is 13.2 Å². The molecule has 2 heterocycles. The van der Waals surface area contributed by atoms with Crippen LogP contribution in [0.3, 0.4) is 0 Å². The lowest BCUT2D eigenvalue weighted by Gasteiger charge is -2.30. The predicted octanol–water partition coefficient (Wildman–Crippen LogP) is 4.89. The molecule has 0 radical (unpaired) electrons. The van der Waals surface area contributed by atoms with Crippen molar-refractivity contribution in [2.45, 2.75) is 38.0 Å². The second kappa shape index (κ2) is 6.02. The van der Waals surface area contributed by atoms with Gasteiger partial charge in [0.05, 0.1) is 16.8 Å². The number of rotatable bonds is 2. The summed E-state index contributed by atoms with van der Waals surface area (Å²) < 4.78 is 44.7. The zero-order chi connectivity index (χ0) is 15.7. The monoisotopic (exact) mass is 374 g/mol. The minimum absolute atomic E-state index is 0.112. The van der Waals surface area contributed by atoms with E-state index in [1.54, 1.807) is 18.5 Å². The molecular formula is C15H14BrF3N2O. The predicted molar refractivity (Wildman–Crippen MR) is 79.7 cm³/mol. The Hall–Kier alpha value is -1.37. The van der Waals surface area contributed by atoms with Crippen LogP contribution in [0.5, 0.6) is 5.88 Å². The van der Waals surface area contributed by atoms with Crippen LogP contribution < -0.4 is 4.74 Å². The van der Waals surface area contributed by atoms with E-state index in [1.807, 2.05) is 6.07 Å². The molecular weight excluding hydrogens is 361 g/mol. The lowest BCUT2D eigenvalue weighted by Crippen LogP contribution is -2.32. The van der Waals surface area contributed by atoms with Gasteiger partial charge in [-0.25, -0.2) is 4.98 Å². The first-order valence-electron chi connectivity index (χ1n) is 7.07. The maximum absolute atomic E-state index is 12.7. The van der Waals surface area contributed by atoms with Crippen LogP contribution in [0.2, 0.25) is 0 Å². The van der Waals surface area contributed by atoms with Gasteiger partial charge in [0.2, 0.25) is 5.88 Å². The third-order valence-electron chi connectivity index (χ3n) is 3.96. The molecule has 1 fully saturated rings. The van der Waals surface area contributed by atoms with Crippen molar-refractivity contribution in [2.75, 3.05) is 0 Å². The Morgan fingerprint density at radius 2 is 1.86 bits per heavy atom. The summed E-state index contributed by atoms with van der Waals surface area (Å²) in [5.41, 5.74) is 0.747. The summed E-state index contributed by atoms with van der Waals surface area (Å²) in [6.07, 6.45) is -0.0386. The van der Waals surface area contributed by atoms with Crippen molar-refractivity contribution >= 4 is 26.8 Å². The van der Waals surface area contributed by atoms with Gasteiger partial charge in [0.25, 0.3) is 0 Å². The molecule has 3 rings (SSSR count). The molecule has 2 aromatic rings. The number of fused-ring (bicyclic) bond motifs is 1. The van der Waals surface area contributed by atoms with Gasteiger partial charge in [-0.1, -0.05) is 0 Å². The molecule has 0 amide bonds. The first-order valence-corrected chi connectivity index (χ1v) is 7.86. The van der Waals surface area contributed by atoms with Crippen molar-refractivity contribution in [3.63, 3.8) is 0 Å². The molecule has 0 N–H and O–H groups in total. The van der Waals surface area contributed by atoms with Crippen molar-refractivity contribution < 1.29 is 17.9 Å². The third kappa shape index (κ3) is 3.34. The van der Waals surface area contributed by atoms with Crippen molar-refractivity contribution in [1.29, 1.82) is 0 Å². The maximum Gasteiger partial charge on any atom is 0.391 e. The van der Waals surface area contributed by atoms with E-state index in [0.717, 1.165) is 15.4 Å². The first kappa shape index (κ1) is 15.5. The van der Waals surface area contributed by atoms with Gasteiger partial charge in [-0.15, -0.1) is 0 Å². The van der Waals surface area contributed by atoms with E-state index in [4.69, 9.17) is 4.74 Å². The molecule has 1 aliphatic rings. The van der Waals surface area contributed by atoms with Crippen LogP contribution in [0.15, 0.2) is 29.0 Å². The molecule has 0 bridgehead atoms. The fraction of sp³-hybridized carbons (Fsp3) is 0.467. The van der Waals surface area contributed by atoms with E-state index in [0.29, 0.717) is 18.7 Å². The van der Waals surface area contributed by atoms with Crippen LogP contribution in [0.25, 0.3) is 10.9 Å². The van der Waals surface area contributed by atoms with Crippen LogP contribution in [0.1, 0.15) is 25.7 Å². The topological polar surface area (TPSA) is 35.0 Å². The van der Waals surface area contributed by atoms with Gasteiger partial charge in [0.1, 0.15) is 6.10 Å². The molecule has 7 heteroatoms. The number of pyridine rings is 2. The molecule has 3 nitrogen and oxygen atoms in total. The summed E-state index contributed by atoms with van der Waals surface area (Å²) in [6.45, 7) is 0. The van der Waals surface area contributed by atoms with Gasteiger partial charge in [0, 0.05) is 16.9 Å². The summed E-state index contributed by atoms with van der Waals surface area (Å²) in [5, 5.41) is 0.759. The molecule has 2 aromatic heterocycles.